The van der Waals surface area contributed by atoms with E-state index in [-0.39, 0.29) is 18.4 Å². The van der Waals surface area contributed by atoms with Gasteiger partial charge in [-0.25, -0.2) is 0 Å². The zero-order valence-electron chi connectivity index (χ0n) is 12.8. The SMILES string of the molecule is CC(=O)Nc1cnn(CC(=O)Nc2cccc3[nH]c(C)cc23)n1. The Morgan fingerprint density at radius 2 is 2.13 bits per heavy atom. The molecule has 8 heteroatoms. The normalized spacial score (nSPS) is 10.7. The van der Waals surface area contributed by atoms with Crippen molar-refractivity contribution in [3.05, 3.63) is 36.2 Å². The van der Waals surface area contributed by atoms with Gasteiger partial charge in [-0.2, -0.15) is 9.90 Å². The first kappa shape index (κ1) is 14.8. The summed E-state index contributed by atoms with van der Waals surface area (Å²) in [6.45, 7) is 3.30. The van der Waals surface area contributed by atoms with Crippen LogP contribution in [0, 0.1) is 6.92 Å². The molecule has 3 aromatic rings. The summed E-state index contributed by atoms with van der Waals surface area (Å²) in [6.07, 6.45) is 1.39. The number of nitrogens with one attached hydrogen (secondary N) is 3. The van der Waals surface area contributed by atoms with Crippen molar-refractivity contribution in [2.45, 2.75) is 20.4 Å². The van der Waals surface area contributed by atoms with E-state index in [1.807, 2.05) is 31.2 Å². The van der Waals surface area contributed by atoms with Crippen LogP contribution in [0.15, 0.2) is 30.5 Å². The van der Waals surface area contributed by atoms with Crippen molar-refractivity contribution in [2.75, 3.05) is 10.6 Å². The molecule has 0 radical (unpaired) electrons. The number of aromatic amines is 1. The first-order valence-corrected chi connectivity index (χ1v) is 7.07. The van der Waals surface area contributed by atoms with Gasteiger partial charge in [-0.1, -0.05) is 6.07 Å². The summed E-state index contributed by atoms with van der Waals surface area (Å²) < 4.78 is 0. The van der Waals surface area contributed by atoms with Gasteiger partial charge in [0, 0.05) is 23.5 Å². The molecule has 118 valence electrons. The predicted molar refractivity (Wildman–Crippen MR) is 86.0 cm³/mol. The van der Waals surface area contributed by atoms with Crippen molar-refractivity contribution in [2.24, 2.45) is 0 Å². The molecule has 3 N–H and O–H groups in total. The molecule has 2 aromatic heterocycles. The maximum atomic E-state index is 12.2. The van der Waals surface area contributed by atoms with Crippen LogP contribution in [-0.2, 0) is 16.1 Å². The van der Waals surface area contributed by atoms with E-state index < -0.39 is 0 Å². The van der Waals surface area contributed by atoms with Gasteiger partial charge >= 0.3 is 0 Å². The number of aryl methyl sites for hydroxylation is 1. The number of amides is 2. The number of hydrogen-bond donors (Lipinski definition) is 3. The largest absolute Gasteiger partial charge is 0.359 e. The summed E-state index contributed by atoms with van der Waals surface area (Å²) in [7, 11) is 0. The highest BCUT2D eigenvalue weighted by Gasteiger charge is 2.10. The highest BCUT2D eigenvalue weighted by atomic mass is 16.2. The number of carbonyl (C=O) groups excluding carboxylic acids is 2. The Balaban J connectivity index is 1.71. The molecule has 3 rings (SSSR count). The maximum Gasteiger partial charge on any atom is 0.247 e. The number of benzene rings is 1. The van der Waals surface area contributed by atoms with Crippen molar-refractivity contribution < 1.29 is 9.59 Å². The van der Waals surface area contributed by atoms with E-state index in [0.717, 1.165) is 22.3 Å². The zero-order valence-corrected chi connectivity index (χ0v) is 12.8. The molecule has 0 saturated carbocycles. The number of nitrogens with zero attached hydrogens (tertiary/aromatic N) is 3. The van der Waals surface area contributed by atoms with Crippen molar-refractivity contribution in [1.29, 1.82) is 0 Å². The number of anilines is 2. The van der Waals surface area contributed by atoms with E-state index in [1.54, 1.807) is 0 Å². The minimum absolute atomic E-state index is 0.0423. The molecule has 0 bridgehead atoms. The topological polar surface area (TPSA) is 105 Å². The summed E-state index contributed by atoms with van der Waals surface area (Å²) in [6, 6.07) is 7.64. The third-order valence-corrected chi connectivity index (χ3v) is 3.20. The van der Waals surface area contributed by atoms with Gasteiger partial charge in [-0.3, -0.25) is 9.59 Å². The average molecular weight is 312 g/mol. The van der Waals surface area contributed by atoms with Gasteiger partial charge < -0.3 is 15.6 Å². The molecule has 0 aliphatic rings. The quantitative estimate of drug-likeness (QED) is 0.681. The van der Waals surface area contributed by atoms with Gasteiger partial charge in [0.25, 0.3) is 0 Å². The molecular formula is C15H16N6O2. The summed E-state index contributed by atoms with van der Waals surface area (Å²) in [5.74, 6) is -0.175. The fourth-order valence-electron chi connectivity index (χ4n) is 2.33. The van der Waals surface area contributed by atoms with Crippen molar-refractivity contribution >= 4 is 34.2 Å². The maximum absolute atomic E-state index is 12.2. The average Bonchev–Trinajstić information content (AvgIpc) is 3.04. The third-order valence-electron chi connectivity index (χ3n) is 3.20. The second-order valence-electron chi connectivity index (χ2n) is 5.21. The Morgan fingerprint density at radius 1 is 1.30 bits per heavy atom. The van der Waals surface area contributed by atoms with Crippen LogP contribution in [0.5, 0.6) is 0 Å². The second kappa shape index (κ2) is 5.91. The Kier molecular flexibility index (Phi) is 3.80. The van der Waals surface area contributed by atoms with Crippen LogP contribution < -0.4 is 10.6 Å². The highest BCUT2D eigenvalue weighted by molar-refractivity contribution is 6.01. The van der Waals surface area contributed by atoms with Gasteiger partial charge in [-0.05, 0) is 25.1 Å². The lowest BCUT2D eigenvalue weighted by Gasteiger charge is -2.06. The van der Waals surface area contributed by atoms with Crippen molar-refractivity contribution in [3.8, 4) is 0 Å². The molecule has 23 heavy (non-hydrogen) atoms. The molecule has 0 fully saturated rings. The van der Waals surface area contributed by atoms with E-state index in [2.05, 4.69) is 25.8 Å². The highest BCUT2D eigenvalue weighted by Crippen LogP contribution is 2.23. The molecular weight excluding hydrogens is 296 g/mol. The van der Waals surface area contributed by atoms with Crippen LogP contribution in [-0.4, -0.2) is 31.8 Å². The van der Waals surface area contributed by atoms with Gasteiger partial charge in [-0.15, -0.1) is 5.10 Å². The summed E-state index contributed by atoms with van der Waals surface area (Å²) in [5, 5.41) is 14.3. The summed E-state index contributed by atoms with van der Waals surface area (Å²) in [4.78, 5) is 27.5. The number of aromatic nitrogens is 4. The molecule has 1 aromatic carbocycles. The standard InChI is InChI=1S/C15H16N6O2/c1-9-6-11-12(17-9)4-3-5-13(11)19-15(23)8-21-16-7-14(20-21)18-10(2)22/h3-7,17H,8H2,1-2H3,(H,19,23)(H,18,20,22). The molecule has 0 aliphatic heterocycles. The van der Waals surface area contributed by atoms with Crippen molar-refractivity contribution in [3.63, 3.8) is 0 Å². The number of hydrogen-bond acceptors (Lipinski definition) is 4. The molecule has 0 aliphatic carbocycles. The third kappa shape index (κ3) is 3.37. The van der Waals surface area contributed by atoms with Crippen LogP contribution in [0.1, 0.15) is 12.6 Å². The lowest BCUT2D eigenvalue weighted by atomic mass is 10.2. The summed E-state index contributed by atoms with van der Waals surface area (Å²) >= 11 is 0. The van der Waals surface area contributed by atoms with Crippen LogP contribution in [0.2, 0.25) is 0 Å². The van der Waals surface area contributed by atoms with Crippen LogP contribution in [0.3, 0.4) is 0 Å². The molecule has 8 nitrogen and oxygen atoms in total. The van der Waals surface area contributed by atoms with Gasteiger partial charge in [0.05, 0.1) is 11.9 Å². The summed E-state index contributed by atoms with van der Waals surface area (Å²) in [5.41, 5.74) is 2.71. The Hall–Kier alpha value is -3.16. The predicted octanol–water partition coefficient (Wildman–Crippen LogP) is 1.66. The number of H-pyrrole nitrogens is 1. The minimum Gasteiger partial charge on any atom is -0.359 e. The smallest absolute Gasteiger partial charge is 0.247 e. The second-order valence-corrected chi connectivity index (χ2v) is 5.21. The zero-order chi connectivity index (χ0) is 16.4. The van der Waals surface area contributed by atoms with Gasteiger partial charge in [0.15, 0.2) is 5.82 Å². The van der Waals surface area contributed by atoms with E-state index in [9.17, 15) is 9.59 Å². The Labute approximate surface area is 131 Å². The molecule has 0 atom stereocenters. The first-order valence-electron chi connectivity index (χ1n) is 7.07. The lowest BCUT2D eigenvalue weighted by molar-refractivity contribution is -0.117. The number of rotatable bonds is 4. The Bertz CT molecular complexity index is 879. The fraction of sp³-hybridized carbons (Fsp3) is 0.200. The monoisotopic (exact) mass is 312 g/mol. The van der Waals surface area contributed by atoms with E-state index >= 15 is 0 Å². The number of fused-ring (bicyclic) bond motifs is 1. The number of carbonyl (C=O) groups is 2. The van der Waals surface area contributed by atoms with E-state index in [4.69, 9.17) is 0 Å². The van der Waals surface area contributed by atoms with Gasteiger partial charge in [0.2, 0.25) is 11.8 Å². The van der Waals surface area contributed by atoms with Crippen molar-refractivity contribution in [1.82, 2.24) is 20.0 Å². The lowest BCUT2D eigenvalue weighted by Crippen LogP contribution is -2.20. The Morgan fingerprint density at radius 3 is 2.91 bits per heavy atom. The van der Waals surface area contributed by atoms with Gasteiger partial charge in [0.1, 0.15) is 6.54 Å². The molecule has 0 spiro atoms. The first-order chi connectivity index (χ1) is 11.0. The van der Waals surface area contributed by atoms with Crippen LogP contribution in [0.25, 0.3) is 10.9 Å². The molecule has 0 saturated heterocycles. The minimum atomic E-state index is -0.249. The molecule has 2 heterocycles. The van der Waals surface area contributed by atoms with E-state index in [1.165, 1.54) is 17.9 Å². The molecule has 2 amide bonds. The van der Waals surface area contributed by atoms with E-state index in [0.29, 0.717) is 5.82 Å². The van der Waals surface area contributed by atoms with Crippen LogP contribution >= 0.6 is 0 Å². The molecule has 0 unspecified atom stereocenters. The van der Waals surface area contributed by atoms with Crippen LogP contribution in [0.4, 0.5) is 11.5 Å². The fourth-order valence-corrected chi connectivity index (χ4v) is 2.33.